The number of carbonyl (C=O) groups is 1. The van der Waals surface area contributed by atoms with Crippen LogP contribution in [0.5, 0.6) is 0 Å². The van der Waals surface area contributed by atoms with E-state index in [2.05, 4.69) is 15.9 Å². The van der Waals surface area contributed by atoms with E-state index < -0.39 is 6.04 Å². The van der Waals surface area contributed by atoms with Crippen LogP contribution in [-0.2, 0) is 11.3 Å². The van der Waals surface area contributed by atoms with Crippen LogP contribution in [0.25, 0.3) is 0 Å². The monoisotopic (exact) mass is 298 g/mol. The van der Waals surface area contributed by atoms with Gasteiger partial charge in [0.1, 0.15) is 0 Å². The lowest BCUT2D eigenvalue weighted by Crippen LogP contribution is -2.45. The Bertz CT molecular complexity index is 391. The third-order valence-electron chi connectivity index (χ3n) is 2.54. The highest BCUT2D eigenvalue weighted by molar-refractivity contribution is 9.10. The van der Waals surface area contributed by atoms with Crippen molar-refractivity contribution < 1.29 is 4.79 Å². The number of nitrogens with zero attached hydrogens (tertiary/aromatic N) is 1. The predicted molar refractivity (Wildman–Crippen MR) is 73.5 cm³/mol. The average molecular weight is 299 g/mol. The lowest BCUT2D eigenvalue weighted by molar-refractivity contribution is -0.134. The first-order valence-electron chi connectivity index (χ1n) is 5.72. The zero-order chi connectivity index (χ0) is 13.0. The number of amides is 1. The van der Waals surface area contributed by atoms with E-state index in [1.54, 1.807) is 11.8 Å². The summed E-state index contributed by atoms with van der Waals surface area (Å²) in [6.45, 7) is 6.31. The molecule has 1 aromatic rings. The molecule has 17 heavy (non-hydrogen) atoms. The molecule has 0 aromatic heterocycles. The smallest absolute Gasteiger partial charge is 0.239 e. The highest BCUT2D eigenvalue weighted by Gasteiger charge is 2.20. The van der Waals surface area contributed by atoms with Crippen LogP contribution in [0, 0.1) is 0 Å². The topological polar surface area (TPSA) is 46.3 Å². The Hall–Kier alpha value is -0.870. The Morgan fingerprint density at radius 1 is 1.41 bits per heavy atom. The molecule has 1 aromatic carbocycles. The molecule has 0 radical (unpaired) electrons. The maximum Gasteiger partial charge on any atom is 0.239 e. The maximum atomic E-state index is 12.0. The number of hydrogen-bond acceptors (Lipinski definition) is 2. The molecule has 0 fully saturated rings. The van der Waals surface area contributed by atoms with Gasteiger partial charge in [0, 0.05) is 17.1 Å². The number of nitrogens with two attached hydrogens (primary N) is 1. The van der Waals surface area contributed by atoms with Gasteiger partial charge in [0.05, 0.1) is 6.04 Å². The summed E-state index contributed by atoms with van der Waals surface area (Å²) < 4.78 is 1.02. The van der Waals surface area contributed by atoms with Crippen molar-refractivity contribution >= 4 is 21.8 Å². The minimum absolute atomic E-state index is 0.0139. The molecule has 4 heteroatoms. The molecule has 0 aliphatic rings. The zero-order valence-electron chi connectivity index (χ0n) is 10.5. The van der Waals surface area contributed by atoms with Crippen molar-refractivity contribution in [1.82, 2.24) is 4.90 Å². The summed E-state index contributed by atoms with van der Waals surface area (Å²) in [7, 11) is 0. The molecule has 3 nitrogen and oxygen atoms in total. The van der Waals surface area contributed by atoms with Gasteiger partial charge in [-0.25, -0.2) is 0 Å². The van der Waals surface area contributed by atoms with E-state index in [1.165, 1.54) is 0 Å². The molecule has 0 saturated heterocycles. The second-order valence-electron chi connectivity index (χ2n) is 4.48. The molecule has 0 spiro atoms. The molecule has 0 heterocycles. The van der Waals surface area contributed by atoms with Crippen molar-refractivity contribution in [2.75, 3.05) is 0 Å². The first-order valence-corrected chi connectivity index (χ1v) is 6.51. The molecule has 0 aliphatic carbocycles. The van der Waals surface area contributed by atoms with Gasteiger partial charge in [-0.15, -0.1) is 0 Å². The van der Waals surface area contributed by atoms with E-state index in [4.69, 9.17) is 5.73 Å². The van der Waals surface area contributed by atoms with Gasteiger partial charge in [-0.1, -0.05) is 28.1 Å². The van der Waals surface area contributed by atoms with Gasteiger partial charge in [0.2, 0.25) is 5.91 Å². The van der Waals surface area contributed by atoms with Crippen LogP contribution in [0.3, 0.4) is 0 Å². The maximum absolute atomic E-state index is 12.0. The van der Waals surface area contributed by atoms with Crippen LogP contribution in [0.2, 0.25) is 0 Å². The largest absolute Gasteiger partial charge is 0.335 e. The number of hydrogen-bond donors (Lipinski definition) is 1. The lowest BCUT2D eigenvalue weighted by Gasteiger charge is -2.28. The average Bonchev–Trinajstić information content (AvgIpc) is 2.24. The fraction of sp³-hybridized carbons (Fsp3) is 0.462. The van der Waals surface area contributed by atoms with E-state index in [1.807, 2.05) is 38.1 Å². The van der Waals surface area contributed by atoms with E-state index >= 15 is 0 Å². The molecule has 1 atom stereocenters. The molecule has 2 N–H and O–H groups in total. The van der Waals surface area contributed by atoms with Crippen molar-refractivity contribution in [2.45, 2.75) is 39.4 Å². The van der Waals surface area contributed by atoms with Crippen molar-refractivity contribution in [3.05, 3.63) is 34.3 Å². The molecule has 0 bridgehead atoms. The minimum Gasteiger partial charge on any atom is -0.335 e. The first kappa shape index (κ1) is 14.2. The van der Waals surface area contributed by atoms with Gasteiger partial charge < -0.3 is 10.6 Å². The van der Waals surface area contributed by atoms with Crippen LogP contribution in [-0.4, -0.2) is 22.9 Å². The van der Waals surface area contributed by atoms with Crippen LogP contribution >= 0.6 is 15.9 Å². The van der Waals surface area contributed by atoms with Gasteiger partial charge in [-0.05, 0) is 38.5 Å². The predicted octanol–water partition coefficient (Wildman–Crippen LogP) is 2.53. The van der Waals surface area contributed by atoms with Gasteiger partial charge >= 0.3 is 0 Å². The lowest BCUT2D eigenvalue weighted by atomic mass is 10.1. The van der Waals surface area contributed by atoms with E-state index in [0.717, 1.165) is 10.0 Å². The second-order valence-corrected chi connectivity index (χ2v) is 5.39. The molecule has 1 rings (SSSR count). The highest BCUT2D eigenvalue weighted by atomic mass is 79.9. The van der Waals surface area contributed by atoms with E-state index in [0.29, 0.717) is 6.54 Å². The quantitative estimate of drug-likeness (QED) is 0.928. The van der Waals surface area contributed by atoms with E-state index in [9.17, 15) is 4.79 Å². The molecule has 0 unspecified atom stereocenters. The fourth-order valence-electron chi connectivity index (χ4n) is 1.61. The standard InChI is InChI=1S/C13H19BrN2O/c1-9(2)16(13(17)10(3)15)8-11-5-4-6-12(14)7-11/h4-7,9-10H,8,15H2,1-3H3/t10-/m0/s1. The summed E-state index contributed by atoms with van der Waals surface area (Å²) in [4.78, 5) is 13.8. The Kier molecular flexibility index (Phi) is 5.15. The highest BCUT2D eigenvalue weighted by Crippen LogP contribution is 2.15. The molecular formula is C13H19BrN2O. The third kappa shape index (κ3) is 4.13. The molecular weight excluding hydrogens is 280 g/mol. The number of benzene rings is 1. The van der Waals surface area contributed by atoms with E-state index in [-0.39, 0.29) is 11.9 Å². The van der Waals surface area contributed by atoms with Crippen LogP contribution in [0.1, 0.15) is 26.3 Å². The normalized spacial score (nSPS) is 12.6. The number of halogens is 1. The summed E-state index contributed by atoms with van der Waals surface area (Å²) in [5, 5.41) is 0. The van der Waals surface area contributed by atoms with Crippen molar-refractivity contribution in [1.29, 1.82) is 0 Å². The van der Waals surface area contributed by atoms with Gasteiger partial charge in [-0.3, -0.25) is 4.79 Å². The number of rotatable bonds is 4. The molecule has 0 aliphatic heterocycles. The Balaban J connectivity index is 2.84. The fourth-order valence-corrected chi connectivity index (χ4v) is 2.06. The number of carbonyl (C=O) groups excluding carboxylic acids is 1. The first-order chi connectivity index (χ1) is 7.91. The molecule has 0 saturated carbocycles. The van der Waals surface area contributed by atoms with Crippen molar-refractivity contribution in [3.8, 4) is 0 Å². The minimum atomic E-state index is -0.454. The zero-order valence-corrected chi connectivity index (χ0v) is 12.1. The SMILES string of the molecule is CC(C)N(Cc1cccc(Br)c1)C(=O)[C@H](C)N. The van der Waals surface area contributed by atoms with Crippen LogP contribution < -0.4 is 5.73 Å². The van der Waals surface area contributed by atoms with Crippen molar-refractivity contribution in [3.63, 3.8) is 0 Å². The summed E-state index contributed by atoms with van der Waals surface area (Å²) in [5.74, 6) is -0.0139. The van der Waals surface area contributed by atoms with Crippen molar-refractivity contribution in [2.24, 2.45) is 5.73 Å². The summed E-state index contributed by atoms with van der Waals surface area (Å²) in [6.07, 6.45) is 0. The van der Waals surface area contributed by atoms with Gasteiger partial charge in [0.15, 0.2) is 0 Å². The second kappa shape index (κ2) is 6.17. The Morgan fingerprint density at radius 3 is 2.53 bits per heavy atom. The van der Waals surface area contributed by atoms with Gasteiger partial charge in [-0.2, -0.15) is 0 Å². The summed E-state index contributed by atoms with van der Waals surface area (Å²) in [5.41, 5.74) is 6.76. The summed E-state index contributed by atoms with van der Waals surface area (Å²) >= 11 is 3.43. The van der Waals surface area contributed by atoms with Crippen LogP contribution in [0.4, 0.5) is 0 Å². The third-order valence-corrected chi connectivity index (χ3v) is 3.03. The Labute approximate surface area is 111 Å². The van der Waals surface area contributed by atoms with Crippen LogP contribution in [0.15, 0.2) is 28.7 Å². The summed E-state index contributed by atoms with van der Waals surface area (Å²) in [6, 6.07) is 7.65. The Morgan fingerprint density at radius 2 is 2.06 bits per heavy atom. The molecule has 94 valence electrons. The molecule has 1 amide bonds. The van der Waals surface area contributed by atoms with Gasteiger partial charge in [0.25, 0.3) is 0 Å².